The van der Waals surface area contributed by atoms with Crippen LogP contribution in [0, 0.1) is 11.3 Å². The summed E-state index contributed by atoms with van der Waals surface area (Å²) in [5, 5.41) is 13.6. The molecule has 1 aliphatic heterocycles. The monoisotopic (exact) mass is 536 g/mol. The fourth-order valence-corrected chi connectivity index (χ4v) is 4.79. The quantitative estimate of drug-likeness (QED) is 0.387. The second kappa shape index (κ2) is 9.16. The Morgan fingerprint density at radius 2 is 1.82 bits per heavy atom. The maximum Gasteiger partial charge on any atom is 0.449 e. The van der Waals surface area contributed by atoms with Gasteiger partial charge in [0.2, 0.25) is 11.8 Å². The summed E-state index contributed by atoms with van der Waals surface area (Å²) in [4.78, 5) is 27.9. The van der Waals surface area contributed by atoms with Crippen LogP contribution in [-0.2, 0) is 18.0 Å². The van der Waals surface area contributed by atoms with Crippen LogP contribution in [0.15, 0.2) is 41.5 Å². The first-order valence-electron chi connectivity index (χ1n) is 12.4. The number of anilines is 1. The molecule has 1 aromatic carbocycles. The van der Waals surface area contributed by atoms with E-state index in [-0.39, 0.29) is 34.9 Å². The Morgan fingerprint density at radius 3 is 2.49 bits per heavy atom. The van der Waals surface area contributed by atoms with Crippen LogP contribution in [0.5, 0.6) is 0 Å². The van der Waals surface area contributed by atoms with Gasteiger partial charge in [-0.3, -0.25) is 14.0 Å². The molecule has 3 aromatic heterocycles. The van der Waals surface area contributed by atoms with E-state index in [2.05, 4.69) is 20.1 Å². The molecule has 4 heterocycles. The van der Waals surface area contributed by atoms with Crippen LogP contribution in [0.2, 0.25) is 0 Å². The number of alkyl halides is 3. The normalized spacial score (nSPS) is 19.8. The lowest BCUT2D eigenvalue weighted by molar-refractivity contribution is -0.147. The van der Waals surface area contributed by atoms with E-state index < -0.39 is 17.6 Å². The van der Waals surface area contributed by atoms with Crippen LogP contribution < -0.4 is 10.5 Å². The molecule has 2 aliphatic rings. The lowest BCUT2D eigenvalue weighted by Crippen LogP contribution is -2.44. The molecule has 13 heteroatoms. The molecule has 1 saturated carbocycles. The fraction of sp³-hybridized carbons (Fsp3) is 0.385. The molecule has 4 aromatic rings. The molecular weight excluding hydrogens is 513 g/mol. The third-order valence-corrected chi connectivity index (χ3v) is 6.91. The van der Waals surface area contributed by atoms with Crippen molar-refractivity contribution in [3.63, 3.8) is 0 Å². The van der Waals surface area contributed by atoms with Crippen molar-refractivity contribution in [1.82, 2.24) is 29.3 Å². The molecule has 1 aliphatic carbocycles. The second-order valence-corrected chi connectivity index (χ2v) is 9.88. The number of nitriles is 1. The van der Waals surface area contributed by atoms with Gasteiger partial charge in [-0.1, -0.05) is 12.1 Å². The summed E-state index contributed by atoms with van der Waals surface area (Å²) >= 11 is 0. The zero-order valence-electron chi connectivity index (χ0n) is 21.1. The average molecular weight is 537 g/mol. The van der Waals surface area contributed by atoms with Crippen LogP contribution in [0.1, 0.15) is 48.9 Å². The minimum Gasteiger partial charge on any atom is -0.367 e. The summed E-state index contributed by atoms with van der Waals surface area (Å²) < 4.78 is 49.8. The van der Waals surface area contributed by atoms with Gasteiger partial charge in [0.05, 0.1) is 36.5 Å². The summed E-state index contributed by atoms with van der Waals surface area (Å²) in [6.45, 7) is 2.66. The molecule has 6 rings (SSSR count). The SMILES string of the molecule is C[C@H]1CN(c2nc(-c3ccc(C#N)cc3)c3nc(C(F)(F)F)n(C)c(=O)c3n2)C[C@@H](c2cnn(C3CC3)c2)O1. The van der Waals surface area contributed by atoms with E-state index in [1.165, 1.54) is 12.1 Å². The molecule has 0 bridgehead atoms. The van der Waals surface area contributed by atoms with Gasteiger partial charge in [0.25, 0.3) is 5.56 Å². The first-order valence-corrected chi connectivity index (χ1v) is 12.4. The molecule has 10 nitrogen and oxygen atoms in total. The predicted molar refractivity (Wildman–Crippen MR) is 134 cm³/mol. The van der Waals surface area contributed by atoms with Crippen LogP contribution in [0.25, 0.3) is 22.3 Å². The highest BCUT2D eigenvalue weighted by molar-refractivity contribution is 5.89. The van der Waals surface area contributed by atoms with Crippen molar-refractivity contribution < 1.29 is 17.9 Å². The van der Waals surface area contributed by atoms with E-state index in [1.54, 1.807) is 18.3 Å². The van der Waals surface area contributed by atoms with Crippen molar-refractivity contribution in [3.8, 4) is 17.3 Å². The van der Waals surface area contributed by atoms with E-state index in [0.29, 0.717) is 34.8 Å². The van der Waals surface area contributed by atoms with Crippen LogP contribution in [0.4, 0.5) is 19.1 Å². The van der Waals surface area contributed by atoms with Gasteiger partial charge in [-0.15, -0.1) is 0 Å². The lowest BCUT2D eigenvalue weighted by atomic mass is 10.1. The highest BCUT2D eigenvalue weighted by atomic mass is 19.4. The van der Waals surface area contributed by atoms with Gasteiger partial charge in [0, 0.05) is 30.9 Å². The first kappa shape index (κ1) is 25.0. The lowest BCUT2D eigenvalue weighted by Gasteiger charge is -2.36. The summed E-state index contributed by atoms with van der Waals surface area (Å²) in [7, 11) is 1.02. The molecule has 2 fully saturated rings. The predicted octanol–water partition coefficient (Wildman–Crippen LogP) is 3.78. The third-order valence-electron chi connectivity index (χ3n) is 6.91. The average Bonchev–Trinajstić information content (AvgIpc) is 3.65. The molecule has 200 valence electrons. The standard InChI is InChI=1S/C26H23F3N8O2/c1-14-11-36(13-19(39-14)17-10-31-37(12-17)18-7-8-18)25-33-20(16-5-3-15(9-30)4-6-16)21-22(34-25)23(38)35(2)24(32-21)26(27,28)29/h3-6,10,12,14,18-19H,7-8,11,13H2,1-2H3/t14-,19-/m0/s1. The number of benzene rings is 1. The topological polar surface area (TPSA) is 115 Å². The van der Waals surface area contributed by atoms with Crippen molar-refractivity contribution >= 4 is 17.0 Å². The zero-order valence-corrected chi connectivity index (χ0v) is 21.1. The molecular formula is C26H23F3N8O2. The van der Waals surface area contributed by atoms with E-state index in [9.17, 15) is 23.2 Å². The van der Waals surface area contributed by atoms with Crippen LogP contribution in [0.3, 0.4) is 0 Å². The summed E-state index contributed by atoms with van der Waals surface area (Å²) in [6.07, 6.45) is 0.516. The van der Waals surface area contributed by atoms with Gasteiger partial charge >= 0.3 is 6.18 Å². The highest BCUT2D eigenvalue weighted by Crippen LogP contribution is 2.36. The van der Waals surface area contributed by atoms with E-state index in [1.807, 2.05) is 28.8 Å². The number of rotatable bonds is 4. The molecule has 0 amide bonds. The number of hydrogen-bond acceptors (Lipinski definition) is 8. The van der Waals surface area contributed by atoms with E-state index in [0.717, 1.165) is 25.5 Å². The van der Waals surface area contributed by atoms with Gasteiger partial charge < -0.3 is 9.64 Å². The Kier molecular flexibility index (Phi) is 5.87. The van der Waals surface area contributed by atoms with Gasteiger partial charge in [-0.25, -0.2) is 15.0 Å². The van der Waals surface area contributed by atoms with E-state index in [4.69, 9.17) is 4.74 Å². The molecule has 0 spiro atoms. The second-order valence-electron chi connectivity index (χ2n) is 9.88. The maximum absolute atomic E-state index is 13.7. The Balaban J connectivity index is 1.48. The smallest absolute Gasteiger partial charge is 0.367 e. The Morgan fingerprint density at radius 1 is 1.08 bits per heavy atom. The number of nitrogens with zero attached hydrogens (tertiary/aromatic N) is 8. The molecule has 0 unspecified atom stereocenters. The fourth-order valence-electron chi connectivity index (χ4n) is 4.79. The minimum atomic E-state index is -4.86. The van der Waals surface area contributed by atoms with E-state index >= 15 is 0 Å². The van der Waals surface area contributed by atoms with Crippen molar-refractivity contribution in [2.45, 2.75) is 44.2 Å². The number of aromatic nitrogens is 6. The van der Waals surface area contributed by atoms with Gasteiger partial charge in [0.15, 0.2) is 5.52 Å². The number of halogens is 3. The molecule has 0 radical (unpaired) electrons. The van der Waals surface area contributed by atoms with Gasteiger partial charge in [0.1, 0.15) is 17.3 Å². The largest absolute Gasteiger partial charge is 0.449 e. The molecule has 39 heavy (non-hydrogen) atoms. The summed E-state index contributed by atoms with van der Waals surface area (Å²) in [5.74, 6) is -1.17. The van der Waals surface area contributed by atoms with Crippen molar-refractivity contribution in [2.24, 2.45) is 7.05 Å². The number of hydrogen-bond donors (Lipinski definition) is 0. The Hall–Kier alpha value is -4.31. The van der Waals surface area contributed by atoms with Crippen LogP contribution >= 0.6 is 0 Å². The van der Waals surface area contributed by atoms with Gasteiger partial charge in [-0.2, -0.15) is 23.5 Å². The minimum absolute atomic E-state index is 0.0694. The molecule has 1 saturated heterocycles. The van der Waals surface area contributed by atoms with Gasteiger partial charge in [-0.05, 0) is 31.9 Å². The number of fused-ring (bicyclic) bond motifs is 1. The highest BCUT2D eigenvalue weighted by Gasteiger charge is 2.38. The first-order chi connectivity index (χ1) is 18.6. The number of morpholine rings is 1. The molecule has 0 N–H and O–H groups in total. The number of ether oxygens (including phenoxy) is 1. The zero-order chi connectivity index (χ0) is 27.5. The van der Waals surface area contributed by atoms with Crippen molar-refractivity contribution in [2.75, 3.05) is 18.0 Å². The van der Waals surface area contributed by atoms with Crippen molar-refractivity contribution in [3.05, 3.63) is 64.0 Å². The Bertz CT molecular complexity index is 1670. The maximum atomic E-state index is 13.7. The summed E-state index contributed by atoms with van der Waals surface area (Å²) in [5.41, 5.74) is 0.316. The summed E-state index contributed by atoms with van der Waals surface area (Å²) in [6, 6.07) is 8.61. The third kappa shape index (κ3) is 4.61. The van der Waals surface area contributed by atoms with Crippen molar-refractivity contribution in [1.29, 1.82) is 5.26 Å². The van der Waals surface area contributed by atoms with Crippen LogP contribution in [-0.4, -0.2) is 48.5 Å². The Labute approximate surface area is 220 Å². The molecule has 2 atom stereocenters.